The van der Waals surface area contributed by atoms with Gasteiger partial charge in [-0.1, -0.05) is 50.6 Å². The maximum absolute atomic E-state index is 10.8. The Labute approximate surface area is 164 Å². The Hall–Kier alpha value is -3.68. The number of hydrogen-bond acceptors (Lipinski definition) is 8. The van der Waals surface area contributed by atoms with Crippen molar-refractivity contribution in [2.24, 2.45) is 0 Å². The van der Waals surface area contributed by atoms with Gasteiger partial charge in [0.2, 0.25) is 0 Å². The third-order valence-electron chi connectivity index (χ3n) is 2.08. The molecular formula is C20H24O8. The molecule has 8 heteroatoms. The molecule has 0 amide bonds. The van der Waals surface area contributed by atoms with Crippen molar-refractivity contribution in [3.8, 4) is 0 Å². The van der Waals surface area contributed by atoms with Gasteiger partial charge in [0.1, 0.15) is 26.4 Å². The van der Waals surface area contributed by atoms with Crippen molar-refractivity contribution in [1.29, 1.82) is 0 Å². The summed E-state index contributed by atoms with van der Waals surface area (Å²) in [4.78, 5) is 43.2. The van der Waals surface area contributed by atoms with Crippen LogP contribution in [-0.2, 0) is 38.1 Å². The van der Waals surface area contributed by atoms with Gasteiger partial charge >= 0.3 is 23.9 Å². The fourth-order valence-electron chi connectivity index (χ4n) is 1.03. The standard InChI is InChI=1S/2C10H12O4/c2*1-3-7-13-9(11)5-6-10(12)14-8-4-2/h2*3-6H,1-2,7-8H2. The van der Waals surface area contributed by atoms with Crippen LogP contribution in [0, 0.1) is 0 Å². The lowest BCUT2D eigenvalue weighted by molar-refractivity contribution is -0.139. The molecule has 0 spiro atoms. The average molecular weight is 392 g/mol. The van der Waals surface area contributed by atoms with Gasteiger partial charge in [-0.2, -0.15) is 0 Å². The molecule has 0 aliphatic rings. The van der Waals surface area contributed by atoms with E-state index in [0.717, 1.165) is 24.3 Å². The maximum Gasteiger partial charge on any atom is 0.331 e. The van der Waals surface area contributed by atoms with Crippen LogP contribution < -0.4 is 0 Å². The molecule has 0 radical (unpaired) electrons. The van der Waals surface area contributed by atoms with E-state index in [0.29, 0.717) is 0 Å². The second-order valence-electron chi connectivity index (χ2n) is 4.34. The van der Waals surface area contributed by atoms with E-state index in [1.807, 2.05) is 0 Å². The molecule has 0 atom stereocenters. The molecule has 8 nitrogen and oxygen atoms in total. The van der Waals surface area contributed by atoms with Crippen molar-refractivity contribution in [2.75, 3.05) is 26.4 Å². The Morgan fingerprint density at radius 1 is 0.464 bits per heavy atom. The maximum atomic E-state index is 10.8. The SMILES string of the molecule is C=CCOC(=O)C=CC(=O)OCC=C.C=CCOC(=O)C=CC(=O)OCC=C. The zero-order valence-electron chi connectivity index (χ0n) is 15.5. The number of esters is 4. The highest BCUT2D eigenvalue weighted by Crippen LogP contribution is 1.87. The van der Waals surface area contributed by atoms with Gasteiger partial charge in [0, 0.05) is 24.3 Å². The molecule has 0 saturated heterocycles. The van der Waals surface area contributed by atoms with Crippen LogP contribution in [0.5, 0.6) is 0 Å². The fourth-order valence-corrected chi connectivity index (χ4v) is 1.03. The van der Waals surface area contributed by atoms with E-state index in [4.69, 9.17) is 0 Å². The summed E-state index contributed by atoms with van der Waals surface area (Å²) in [6, 6.07) is 0. The predicted octanol–water partition coefficient (Wildman–Crippen LogP) is 2.00. The van der Waals surface area contributed by atoms with Gasteiger partial charge in [0.25, 0.3) is 0 Å². The van der Waals surface area contributed by atoms with Gasteiger partial charge in [0.05, 0.1) is 0 Å². The van der Waals surface area contributed by atoms with Crippen LogP contribution in [0.1, 0.15) is 0 Å². The first-order valence-electron chi connectivity index (χ1n) is 7.88. The molecule has 0 aliphatic heterocycles. The minimum atomic E-state index is -0.611. The molecule has 0 aromatic carbocycles. The number of rotatable bonds is 12. The minimum Gasteiger partial charge on any atom is -0.458 e. The average Bonchev–Trinajstić information content (AvgIpc) is 2.70. The Bertz CT molecular complexity index is 508. The second kappa shape index (κ2) is 19.6. The monoisotopic (exact) mass is 392 g/mol. The first-order chi connectivity index (χ1) is 13.4. The van der Waals surface area contributed by atoms with Gasteiger partial charge in [-0.15, -0.1) is 0 Å². The highest BCUT2D eigenvalue weighted by molar-refractivity contribution is 5.92. The molecule has 0 aromatic heterocycles. The number of hydrogen-bond donors (Lipinski definition) is 0. The molecule has 0 rings (SSSR count). The Morgan fingerprint density at radius 3 is 0.786 bits per heavy atom. The normalized spacial score (nSPS) is 9.43. The van der Waals surface area contributed by atoms with E-state index in [2.05, 4.69) is 45.3 Å². The summed E-state index contributed by atoms with van der Waals surface area (Å²) in [6.45, 7) is 13.9. The van der Waals surface area contributed by atoms with E-state index in [1.54, 1.807) is 0 Å². The van der Waals surface area contributed by atoms with Crippen LogP contribution in [0.2, 0.25) is 0 Å². The lowest BCUT2D eigenvalue weighted by Gasteiger charge is -1.96. The molecule has 0 fully saturated rings. The van der Waals surface area contributed by atoms with E-state index in [9.17, 15) is 19.2 Å². The summed E-state index contributed by atoms with van der Waals surface area (Å²) in [5.41, 5.74) is 0. The smallest absolute Gasteiger partial charge is 0.331 e. The van der Waals surface area contributed by atoms with Crippen LogP contribution in [0.4, 0.5) is 0 Å². The highest BCUT2D eigenvalue weighted by Gasteiger charge is 1.99. The van der Waals surface area contributed by atoms with Crippen LogP contribution >= 0.6 is 0 Å². The highest BCUT2D eigenvalue weighted by atomic mass is 16.5. The molecule has 0 saturated carbocycles. The topological polar surface area (TPSA) is 105 Å². The van der Waals surface area contributed by atoms with E-state index < -0.39 is 23.9 Å². The van der Waals surface area contributed by atoms with Gasteiger partial charge in [-0.25, -0.2) is 19.2 Å². The molecular weight excluding hydrogens is 368 g/mol. The van der Waals surface area contributed by atoms with Crippen molar-refractivity contribution in [1.82, 2.24) is 0 Å². The lowest BCUT2D eigenvalue weighted by Crippen LogP contribution is -2.04. The van der Waals surface area contributed by atoms with E-state index >= 15 is 0 Å². The number of ether oxygens (including phenoxy) is 4. The number of carbonyl (C=O) groups excluding carboxylic acids is 4. The molecule has 0 N–H and O–H groups in total. The van der Waals surface area contributed by atoms with Crippen molar-refractivity contribution >= 4 is 23.9 Å². The fraction of sp³-hybridized carbons (Fsp3) is 0.200. The van der Waals surface area contributed by atoms with Gasteiger partial charge in [-0.05, 0) is 0 Å². The number of carbonyl (C=O) groups is 4. The van der Waals surface area contributed by atoms with Crippen LogP contribution in [0.25, 0.3) is 0 Å². The quantitative estimate of drug-likeness (QED) is 0.215. The van der Waals surface area contributed by atoms with Gasteiger partial charge in [-0.3, -0.25) is 0 Å². The summed E-state index contributed by atoms with van der Waals surface area (Å²) < 4.78 is 18.3. The van der Waals surface area contributed by atoms with Crippen molar-refractivity contribution in [2.45, 2.75) is 0 Å². The minimum absolute atomic E-state index is 0.116. The summed E-state index contributed by atoms with van der Waals surface area (Å²) >= 11 is 0. The zero-order valence-corrected chi connectivity index (χ0v) is 15.5. The lowest BCUT2D eigenvalue weighted by atomic mass is 10.5. The van der Waals surface area contributed by atoms with Crippen LogP contribution in [0.3, 0.4) is 0 Å². The van der Waals surface area contributed by atoms with E-state index in [-0.39, 0.29) is 26.4 Å². The molecule has 0 aliphatic carbocycles. The van der Waals surface area contributed by atoms with Crippen LogP contribution in [0.15, 0.2) is 74.9 Å². The Kier molecular flexibility index (Phi) is 18.6. The Balaban J connectivity index is 0. The predicted molar refractivity (Wildman–Crippen MR) is 103 cm³/mol. The molecule has 0 unspecified atom stereocenters. The van der Waals surface area contributed by atoms with Gasteiger partial charge in [0.15, 0.2) is 0 Å². The summed E-state index contributed by atoms with van der Waals surface area (Å²) in [5.74, 6) is -2.44. The largest absolute Gasteiger partial charge is 0.458 e. The molecule has 0 aromatic rings. The second-order valence-corrected chi connectivity index (χ2v) is 4.34. The zero-order chi connectivity index (χ0) is 21.6. The third kappa shape index (κ3) is 20.4. The molecule has 28 heavy (non-hydrogen) atoms. The molecule has 152 valence electrons. The summed E-state index contributed by atoms with van der Waals surface area (Å²) in [5, 5.41) is 0. The summed E-state index contributed by atoms with van der Waals surface area (Å²) in [7, 11) is 0. The van der Waals surface area contributed by atoms with Crippen molar-refractivity contribution in [3.63, 3.8) is 0 Å². The van der Waals surface area contributed by atoms with Gasteiger partial charge < -0.3 is 18.9 Å². The first-order valence-corrected chi connectivity index (χ1v) is 7.88. The van der Waals surface area contributed by atoms with Crippen molar-refractivity contribution in [3.05, 3.63) is 74.9 Å². The third-order valence-corrected chi connectivity index (χ3v) is 2.08. The first kappa shape index (κ1) is 26.5. The molecule has 0 heterocycles. The van der Waals surface area contributed by atoms with E-state index in [1.165, 1.54) is 24.3 Å². The van der Waals surface area contributed by atoms with Crippen molar-refractivity contribution < 1.29 is 38.1 Å². The molecule has 0 bridgehead atoms. The summed E-state index contributed by atoms with van der Waals surface area (Å²) in [6.07, 6.45) is 9.71. The Morgan fingerprint density at radius 2 is 0.643 bits per heavy atom. The van der Waals surface area contributed by atoms with Crippen LogP contribution in [-0.4, -0.2) is 50.3 Å².